The number of sulfonamides is 1. The molecule has 1 aromatic carbocycles. The molecule has 0 aliphatic carbocycles. The second kappa shape index (κ2) is 6.78. The molecular formula is C17H17N3O3S2. The zero-order chi connectivity index (χ0) is 17.3. The lowest BCUT2D eigenvalue weighted by Crippen LogP contribution is -2.35. The first-order valence-corrected chi connectivity index (χ1v) is 10.4. The summed E-state index contributed by atoms with van der Waals surface area (Å²) in [6.45, 7) is 1.17. The fourth-order valence-electron chi connectivity index (χ4n) is 2.82. The summed E-state index contributed by atoms with van der Waals surface area (Å²) in [5.41, 5.74) is 1.50. The van der Waals surface area contributed by atoms with Crippen LogP contribution < -0.4 is 0 Å². The summed E-state index contributed by atoms with van der Waals surface area (Å²) in [6.07, 6.45) is 4.33. The van der Waals surface area contributed by atoms with Crippen LogP contribution in [0.4, 0.5) is 0 Å². The number of oxazole rings is 1. The quantitative estimate of drug-likeness (QED) is 0.694. The third-order valence-corrected chi connectivity index (χ3v) is 6.81. The maximum Gasteiger partial charge on any atom is 0.263 e. The average Bonchev–Trinajstić information content (AvgIpc) is 3.05. The predicted octanol–water partition coefficient (Wildman–Crippen LogP) is 3.55. The monoisotopic (exact) mass is 375 g/mol. The standard InChI is InChI=1S/C17H17N3O3S2/c21-25(22,20-10-4-1-5-11-20)13-8-9-16(18-12-13)24-17-19-14-6-2-3-7-15(14)23-17/h2-3,6-9,12H,1,4-5,10-11H2. The molecule has 0 radical (unpaired) electrons. The Morgan fingerprint density at radius 1 is 1.04 bits per heavy atom. The molecule has 8 heteroatoms. The molecule has 0 unspecified atom stereocenters. The molecule has 1 saturated heterocycles. The Morgan fingerprint density at radius 2 is 1.84 bits per heavy atom. The second-order valence-electron chi connectivity index (χ2n) is 5.85. The maximum absolute atomic E-state index is 12.6. The van der Waals surface area contributed by atoms with Gasteiger partial charge in [0.2, 0.25) is 10.0 Å². The van der Waals surface area contributed by atoms with Crippen LogP contribution in [0.15, 0.2) is 62.2 Å². The van der Waals surface area contributed by atoms with Crippen molar-refractivity contribution in [1.29, 1.82) is 0 Å². The van der Waals surface area contributed by atoms with Gasteiger partial charge in [-0.1, -0.05) is 18.6 Å². The van der Waals surface area contributed by atoms with E-state index in [1.807, 2.05) is 24.3 Å². The van der Waals surface area contributed by atoms with E-state index in [1.54, 1.807) is 16.4 Å². The SMILES string of the molecule is O=S(=O)(c1ccc(Sc2nc3ccccc3o2)nc1)N1CCCCC1. The van der Waals surface area contributed by atoms with Gasteiger partial charge in [0.25, 0.3) is 5.22 Å². The summed E-state index contributed by atoms with van der Waals surface area (Å²) < 4.78 is 32.4. The van der Waals surface area contributed by atoms with Gasteiger partial charge >= 0.3 is 0 Å². The number of fused-ring (bicyclic) bond motifs is 1. The first-order valence-electron chi connectivity index (χ1n) is 8.12. The van der Waals surface area contributed by atoms with Crippen LogP contribution >= 0.6 is 11.8 Å². The number of hydrogen-bond donors (Lipinski definition) is 0. The molecule has 0 amide bonds. The molecule has 1 aliphatic heterocycles. The van der Waals surface area contributed by atoms with Crippen molar-refractivity contribution in [2.24, 2.45) is 0 Å². The molecular weight excluding hydrogens is 358 g/mol. The van der Waals surface area contributed by atoms with E-state index in [2.05, 4.69) is 9.97 Å². The van der Waals surface area contributed by atoms with Crippen LogP contribution in [-0.2, 0) is 10.0 Å². The first-order chi connectivity index (χ1) is 12.1. The van der Waals surface area contributed by atoms with Crippen molar-refractivity contribution in [3.63, 3.8) is 0 Å². The van der Waals surface area contributed by atoms with E-state index in [0.717, 1.165) is 24.8 Å². The van der Waals surface area contributed by atoms with Crippen molar-refractivity contribution in [2.75, 3.05) is 13.1 Å². The molecule has 25 heavy (non-hydrogen) atoms. The summed E-state index contributed by atoms with van der Waals surface area (Å²) in [5, 5.41) is 1.13. The number of piperidine rings is 1. The van der Waals surface area contributed by atoms with Gasteiger partial charge in [-0.15, -0.1) is 0 Å². The zero-order valence-corrected chi connectivity index (χ0v) is 15.1. The number of nitrogens with zero attached hydrogens (tertiary/aromatic N) is 3. The van der Waals surface area contributed by atoms with Crippen LogP contribution in [0.25, 0.3) is 11.1 Å². The number of hydrogen-bond acceptors (Lipinski definition) is 6. The molecule has 0 N–H and O–H groups in total. The summed E-state index contributed by atoms with van der Waals surface area (Å²) >= 11 is 1.27. The molecule has 6 nitrogen and oxygen atoms in total. The molecule has 0 bridgehead atoms. The Labute approximate surface area is 150 Å². The summed E-state index contributed by atoms with van der Waals surface area (Å²) in [5.74, 6) is 0. The lowest BCUT2D eigenvalue weighted by atomic mass is 10.2. The van der Waals surface area contributed by atoms with Gasteiger partial charge in [0.15, 0.2) is 5.58 Å². The van der Waals surface area contributed by atoms with Crippen molar-refractivity contribution in [1.82, 2.24) is 14.3 Å². The average molecular weight is 375 g/mol. The first kappa shape index (κ1) is 16.6. The molecule has 3 heterocycles. The van der Waals surface area contributed by atoms with Crippen molar-refractivity contribution < 1.29 is 12.8 Å². The number of pyridine rings is 1. The fourth-order valence-corrected chi connectivity index (χ4v) is 4.98. The normalized spacial score (nSPS) is 16.3. The van der Waals surface area contributed by atoms with E-state index in [1.165, 1.54) is 18.0 Å². The third-order valence-electron chi connectivity index (χ3n) is 4.13. The van der Waals surface area contributed by atoms with Crippen molar-refractivity contribution in [3.05, 3.63) is 42.6 Å². The van der Waals surface area contributed by atoms with E-state index < -0.39 is 10.0 Å². The smallest absolute Gasteiger partial charge is 0.263 e. The predicted molar refractivity (Wildman–Crippen MR) is 95.0 cm³/mol. The van der Waals surface area contributed by atoms with Gasteiger partial charge in [-0.25, -0.2) is 18.4 Å². The lowest BCUT2D eigenvalue weighted by molar-refractivity contribution is 0.346. The van der Waals surface area contributed by atoms with Crippen LogP contribution in [0, 0.1) is 0 Å². The third kappa shape index (κ3) is 3.42. The van der Waals surface area contributed by atoms with E-state index in [0.29, 0.717) is 28.9 Å². The van der Waals surface area contributed by atoms with Crippen molar-refractivity contribution in [3.8, 4) is 0 Å². The summed E-state index contributed by atoms with van der Waals surface area (Å²) in [7, 11) is -3.45. The maximum atomic E-state index is 12.6. The Bertz CT molecular complexity index is 945. The van der Waals surface area contributed by atoms with Gasteiger partial charge in [-0.05, 0) is 48.9 Å². The van der Waals surface area contributed by atoms with E-state index in [9.17, 15) is 8.42 Å². The van der Waals surface area contributed by atoms with E-state index >= 15 is 0 Å². The second-order valence-corrected chi connectivity index (χ2v) is 8.76. The van der Waals surface area contributed by atoms with Crippen LogP contribution in [0.5, 0.6) is 0 Å². The number of aromatic nitrogens is 2. The van der Waals surface area contributed by atoms with Crippen LogP contribution in [0.2, 0.25) is 0 Å². The lowest BCUT2D eigenvalue weighted by Gasteiger charge is -2.25. The minimum atomic E-state index is -3.45. The van der Waals surface area contributed by atoms with Crippen LogP contribution in [0.1, 0.15) is 19.3 Å². The Hall–Kier alpha value is -1.90. The number of rotatable bonds is 4. The van der Waals surface area contributed by atoms with Gasteiger partial charge in [0.1, 0.15) is 15.4 Å². The molecule has 1 fully saturated rings. The molecule has 1 aliphatic rings. The molecule has 0 spiro atoms. The topological polar surface area (TPSA) is 76.3 Å². The molecule has 0 atom stereocenters. The molecule has 130 valence electrons. The van der Waals surface area contributed by atoms with Gasteiger partial charge in [0.05, 0.1) is 0 Å². The van der Waals surface area contributed by atoms with Crippen molar-refractivity contribution >= 4 is 32.9 Å². The fraction of sp³-hybridized carbons (Fsp3) is 0.294. The highest BCUT2D eigenvalue weighted by molar-refractivity contribution is 7.99. The number of benzene rings is 1. The highest BCUT2D eigenvalue weighted by atomic mass is 32.2. The molecule has 3 aromatic rings. The minimum absolute atomic E-state index is 0.233. The van der Waals surface area contributed by atoms with Gasteiger partial charge in [-0.3, -0.25) is 0 Å². The Morgan fingerprint density at radius 3 is 2.56 bits per heavy atom. The minimum Gasteiger partial charge on any atom is -0.431 e. The molecule has 2 aromatic heterocycles. The zero-order valence-electron chi connectivity index (χ0n) is 13.5. The van der Waals surface area contributed by atoms with Crippen LogP contribution in [0.3, 0.4) is 0 Å². The largest absolute Gasteiger partial charge is 0.431 e. The summed E-state index contributed by atoms with van der Waals surface area (Å²) in [6, 6.07) is 10.8. The van der Waals surface area contributed by atoms with E-state index in [4.69, 9.17) is 4.42 Å². The van der Waals surface area contributed by atoms with Gasteiger partial charge in [-0.2, -0.15) is 4.31 Å². The molecule has 4 rings (SSSR count). The van der Waals surface area contributed by atoms with E-state index in [-0.39, 0.29) is 4.90 Å². The van der Waals surface area contributed by atoms with Crippen LogP contribution in [-0.4, -0.2) is 35.8 Å². The highest BCUT2D eigenvalue weighted by Gasteiger charge is 2.26. The Balaban J connectivity index is 1.53. The van der Waals surface area contributed by atoms with Crippen molar-refractivity contribution in [2.45, 2.75) is 34.4 Å². The summed E-state index contributed by atoms with van der Waals surface area (Å²) in [4.78, 5) is 8.88. The van der Waals surface area contributed by atoms with Gasteiger partial charge < -0.3 is 4.42 Å². The highest BCUT2D eigenvalue weighted by Crippen LogP contribution is 2.29. The number of para-hydroxylation sites is 2. The Kier molecular flexibility index (Phi) is 4.49. The van der Waals surface area contributed by atoms with Gasteiger partial charge in [0, 0.05) is 19.3 Å². The molecule has 0 saturated carbocycles.